The summed E-state index contributed by atoms with van der Waals surface area (Å²) in [6.45, 7) is 7.01. The van der Waals surface area contributed by atoms with Crippen LogP contribution in [0.5, 0.6) is 11.5 Å². The molecular formula is C24H29N3O5S. The molecule has 0 N–H and O–H groups in total. The second kappa shape index (κ2) is 9.05. The molecule has 0 unspecified atom stereocenters. The average Bonchev–Trinajstić information content (AvgIpc) is 3.16. The summed E-state index contributed by atoms with van der Waals surface area (Å²) in [6.07, 6.45) is 2.51. The molecule has 1 aliphatic heterocycles. The van der Waals surface area contributed by atoms with Gasteiger partial charge in [0.2, 0.25) is 0 Å². The molecular weight excluding hydrogens is 442 g/mol. The second-order valence-electron chi connectivity index (χ2n) is 9.01. The minimum absolute atomic E-state index is 0.0457. The summed E-state index contributed by atoms with van der Waals surface area (Å²) in [6, 6.07) is 5.67. The molecule has 0 radical (unpaired) electrons. The molecule has 9 heteroatoms. The number of nitrogens with zero attached hydrogens (tertiary/aromatic N) is 3. The SMILES string of the molecule is COc1ccc(CCn2cnc3sc4c(c3c2=O)CCN(C(=O)OC(C)(C)C)C4)c(OC)c1. The number of methoxy groups -OCH3 is 2. The van der Waals surface area contributed by atoms with Gasteiger partial charge in [-0.3, -0.25) is 9.36 Å². The number of fused-ring (bicyclic) bond motifs is 3. The van der Waals surface area contributed by atoms with Crippen molar-refractivity contribution in [2.45, 2.75) is 52.3 Å². The summed E-state index contributed by atoms with van der Waals surface area (Å²) in [5, 5.41) is 0.669. The van der Waals surface area contributed by atoms with Crippen LogP contribution in [-0.2, 0) is 30.7 Å². The van der Waals surface area contributed by atoms with Crippen LogP contribution in [0.25, 0.3) is 10.2 Å². The van der Waals surface area contributed by atoms with Gasteiger partial charge in [-0.15, -0.1) is 11.3 Å². The number of benzene rings is 1. The number of hydrogen-bond donors (Lipinski definition) is 0. The third-order valence-corrected chi connectivity index (χ3v) is 6.72. The van der Waals surface area contributed by atoms with Gasteiger partial charge in [0.1, 0.15) is 21.9 Å². The van der Waals surface area contributed by atoms with Gasteiger partial charge >= 0.3 is 6.09 Å². The molecule has 1 aliphatic rings. The predicted octanol–water partition coefficient (Wildman–Crippen LogP) is 4.01. The molecule has 0 aliphatic carbocycles. The Hall–Kier alpha value is -3.07. The molecule has 3 aromatic rings. The molecule has 0 bridgehead atoms. The minimum atomic E-state index is -0.542. The number of rotatable bonds is 5. The lowest BCUT2D eigenvalue weighted by molar-refractivity contribution is 0.0227. The molecule has 0 spiro atoms. The smallest absolute Gasteiger partial charge is 0.410 e. The lowest BCUT2D eigenvalue weighted by atomic mass is 10.1. The quantitative estimate of drug-likeness (QED) is 0.559. The molecule has 1 aromatic carbocycles. The molecule has 33 heavy (non-hydrogen) atoms. The Kier molecular flexibility index (Phi) is 6.34. The molecule has 1 amide bonds. The van der Waals surface area contributed by atoms with Gasteiger partial charge in [0.25, 0.3) is 5.56 Å². The van der Waals surface area contributed by atoms with Gasteiger partial charge in [-0.2, -0.15) is 0 Å². The molecule has 2 aromatic heterocycles. The number of carbonyl (C=O) groups is 1. The fraction of sp³-hybridized carbons (Fsp3) is 0.458. The highest BCUT2D eigenvalue weighted by Crippen LogP contribution is 2.33. The van der Waals surface area contributed by atoms with Crippen LogP contribution >= 0.6 is 11.3 Å². The van der Waals surface area contributed by atoms with Gasteiger partial charge in [0, 0.05) is 24.0 Å². The zero-order valence-corrected chi connectivity index (χ0v) is 20.5. The van der Waals surface area contributed by atoms with Crippen LogP contribution in [0.4, 0.5) is 4.79 Å². The third-order valence-electron chi connectivity index (χ3n) is 5.60. The van der Waals surface area contributed by atoms with Crippen LogP contribution < -0.4 is 15.0 Å². The monoisotopic (exact) mass is 471 g/mol. The Morgan fingerprint density at radius 2 is 2.00 bits per heavy atom. The van der Waals surface area contributed by atoms with Crippen molar-refractivity contribution >= 4 is 27.6 Å². The van der Waals surface area contributed by atoms with Crippen molar-refractivity contribution in [3.05, 3.63) is 50.9 Å². The summed E-state index contributed by atoms with van der Waals surface area (Å²) in [5.74, 6) is 1.45. The lowest BCUT2D eigenvalue weighted by Crippen LogP contribution is -2.39. The third kappa shape index (κ3) is 4.83. The first kappa shape index (κ1) is 23.1. The molecule has 4 rings (SSSR count). The largest absolute Gasteiger partial charge is 0.497 e. The van der Waals surface area contributed by atoms with E-state index >= 15 is 0 Å². The summed E-state index contributed by atoms with van der Waals surface area (Å²) >= 11 is 1.48. The van der Waals surface area contributed by atoms with E-state index in [4.69, 9.17) is 14.2 Å². The van der Waals surface area contributed by atoms with Crippen LogP contribution in [0.2, 0.25) is 0 Å². The first-order valence-corrected chi connectivity index (χ1v) is 11.7. The van der Waals surface area contributed by atoms with Crippen LogP contribution in [0.1, 0.15) is 36.8 Å². The number of aryl methyl sites for hydroxylation is 2. The predicted molar refractivity (Wildman–Crippen MR) is 127 cm³/mol. The van der Waals surface area contributed by atoms with Crippen molar-refractivity contribution in [1.29, 1.82) is 0 Å². The Balaban J connectivity index is 1.56. The fourth-order valence-corrected chi connectivity index (χ4v) is 5.15. The number of ether oxygens (including phenoxy) is 3. The molecule has 0 saturated carbocycles. The number of amides is 1. The van der Waals surface area contributed by atoms with Crippen molar-refractivity contribution in [3.8, 4) is 11.5 Å². The number of hydrogen-bond acceptors (Lipinski definition) is 7. The van der Waals surface area contributed by atoms with Crippen LogP contribution in [0.3, 0.4) is 0 Å². The van der Waals surface area contributed by atoms with Crippen molar-refractivity contribution < 1.29 is 19.0 Å². The van der Waals surface area contributed by atoms with E-state index in [0.717, 1.165) is 27.5 Å². The summed E-state index contributed by atoms with van der Waals surface area (Å²) in [5.41, 5.74) is 1.41. The maximum absolute atomic E-state index is 13.3. The van der Waals surface area contributed by atoms with E-state index in [1.54, 1.807) is 30.0 Å². The highest BCUT2D eigenvalue weighted by molar-refractivity contribution is 7.18. The second-order valence-corrected chi connectivity index (χ2v) is 10.1. The van der Waals surface area contributed by atoms with Crippen molar-refractivity contribution in [2.24, 2.45) is 0 Å². The van der Waals surface area contributed by atoms with Gasteiger partial charge in [-0.25, -0.2) is 9.78 Å². The van der Waals surface area contributed by atoms with Crippen LogP contribution in [0.15, 0.2) is 29.3 Å². The molecule has 0 fully saturated rings. The molecule has 0 atom stereocenters. The Labute approximate surface area is 196 Å². The van der Waals surface area contributed by atoms with E-state index in [-0.39, 0.29) is 11.7 Å². The molecule has 176 valence electrons. The van der Waals surface area contributed by atoms with Gasteiger partial charge in [-0.1, -0.05) is 6.07 Å². The van der Waals surface area contributed by atoms with Gasteiger partial charge in [0.05, 0.1) is 32.5 Å². The normalized spacial score (nSPS) is 13.7. The fourth-order valence-electron chi connectivity index (χ4n) is 3.96. The Morgan fingerprint density at radius 3 is 2.70 bits per heavy atom. The van der Waals surface area contributed by atoms with Gasteiger partial charge in [-0.05, 0) is 50.8 Å². The first-order chi connectivity index (χ1) is 15.7. The zero-order chi connectivity index (χ0) is 23.8. The van der Waals surface area contributed by atoms with E-state index in [0.29, 0.717) is 42.7 Å². The maximum Gasteiger partial charge on any atom is 0.410 e. The number of thiophene rings is 1. The van der Waals surface area contributed by atoms with E-state index in [9.17, 15) is 9.59 Å². The number of aromatic nitrogens is 2. The van der Waals surface area contributed by atoms with E-state index in [1.807, 2.05) is 39.0 Å². The van der Waals surface area contributed by atoms with Gasteiger partial charge < -0.3 is 19.1 Å². The van der Waals surface area contributed by atoms with E-state index in [2.05, 4.69) is 4.98 Å². The summed E-state index contributed by atoms with van der Waals surface area (Å²) in [7, 11) is 3.24. The van der Waals surface area contributed by atoms with Gasteiger partial charge in [0.15, 0.2) is 0 Å². The van der Waals surface area contributed by atoms with E-state index in [1.165, 1.54) is 11.3 Å². The number of carbonyl (C=O) groups excluding carboxylic acids is 1. The Bertz CT molecular complexity index is 1240. The highest BCUT2D eigenvalue weighted by atomic mass is 32.1. The molecule has 0 saturated heterocycles. The van der Waals surface area contributed by atoms with Crippen LogP contribution in [-0.4, -0.2) is 46.9 Å². The zero-order valence-electron chi connectivity index (χ0n) is 19.6. The van der Waals surface area contributed by atoms with Crippen molar-refractivity contribution in [3.63, 3.8) is 0 Å². The molecule has 8 nitrogen and oxygen atoms in total. The summed E-state index contributed by atoms with van der Waals surface area (Å²) < 4.78 is 17.9. The van der Waals surface area contributed by atoms with E-state index < -0.39 is 5.60 Å². The average molecular weight is 472 g/mol. The topological polar surface area (TPSA) is 82.9 Å². The highest BCUT2D eigenvalue weighted by Gasteiger charge is 2.29. The van der Waals surface area contributed by atoms with Crippen molar-refractivity contribution in [1.82, 2.24) is 14.5 Å². The molecule has 3 heterocycles. The lowest BCUT2D eigenvalue weighted by Gasteiger charge is -2.29. The summed E-state index contributed by atoms with van der Waals surface area (Å²) in [4.78, 5) is 33.8. The first-order valence-electron chi connectivity index (χ1n) is 10.9. The Morgan fingerprint density at radius 1 is 1.21 bits per heavy atom. The standard InChI is InChI=1S/C24H29N3O5S/c1-24(2,3)32-23(29)26-11-9-17-19(13-26)33-21-20(17)22(28)27(14-25-21)10-8-15-6-7-16(30-4)12-18(15)31-5/h6-7,12,14H,8-11,13H2,1-5H3. The minimum Gasteiger partial charge on any atom is -0.497 e. The maximum atomic E-state index is 13.3. The van der Waals surface area contributed by atoms with Crippen LogP contribution in [0, 0.1) is 0 Å². The van der Waals surface area contributed by atoms with Crippen molar-refractivity contribution in [2.75, 3.05) is 20.8 Å².